The van der Waals surface area contributed by atoms with Gasteiger partial charge in [-0.25, -0.2) is 0 Å². The van der Waals surface area contributed by atoms with Gasteiger partial charge in [0.05, 0.1) is 25.9 Å². The summed E-state index contributed by atoms with van der Waals surface area (Å²) in [7, 11) is 0. The van der Waals surface area contributed by atoms with E-state index in [2.05, 4.69) is 17.9 Å². The van der Waals surface area contributed by atoms with Crippen LogP contribution in [-0.2, 0) is 11.3 Å². The Kier molecular flexibility index (Phi) is 5.40. The van der Waals surface area contributed by atoms with Gasteiger partial charge in [0.1, 0.15) is 5.75 Å². The van der Waals surface area contributed by atoms with E-state index in [9.17, 15) is 5.11 Å². The van der Waals surface area contributed by atoms with Crippen molar-refractivity contribution in [1.82, 2.24) is 4.90 Å². The van der Waals surface area contributed by atoms with E-state index in [1.807, 2.05) is 19.1 Å². The van der Waals surface area contributed by atoms with Crippen molar-refractivity contribution in [3.63, 3.8) is 0 Å². The monoisotopic (exact) mass is 279 g/mol. The Labute approximate surface area is 121 Å². The summed E-state index contributed by atoms with van der Waals surface area (Å²) < 4.78 is 11.2. The first kappa shape index (κ1) is 15.3. The van der Waals surface area contributed by atoms with Crippen molar-refractivity contribution in [3.05, 3.63) is 29.3 Å². The number of benzene rings is 1. The maximum absolute atomic E-state index is 9.75. The number of morpholine rings is 1. The van der Waals surface area contributed by atoms with E-state index in [1.54, 1.807) is 6.92 Å². The molecule has 0 aliphatic carbocycles. The van der Waals surface area contributed by atoms with Crippen molar-refractivity contribution in [2.45, 2.75) is 39.5 Å². The lowest BCUT2D eigenvalue weighted by Crippen LogP contribution is -2.43. The zero-order valence-electron chi connectivity index (χ0n) is 12.6. The van der Waals surface area contributed by atoms with Crippen LogP contribution in [0.5, 0.6) is 5.75 Å². The summed E-state index contributed by atoms with van der Waals surface area (Å²) in [5, 5.41) is 9.75. The Hall–Kier alpha value is -1.10. The highest BCUT2D eigenvalue weighted by atomic mass is 16.5. The molecule has 1 aromatic rings. The lowest BCUT2D eigenvalue weighted by Gasteiger charge is -2.33. The molecule has 112 valence electrons. The molecular formula is C16H25NO3. The first-order valence-corrected chi connectivity index (χ1v) is 7.37. The highest BCUT2D eigenvalue weighted by Gasteiger charge is 2.20. The zero-order valence-corrected chi connectivity index (χ0v) is 12.6. The van der Waals surface area contributed by atoms with Gasteiger partial charge in [-0.05, 0) is 38.5 Å². The van der Waals surface area contributed by atoms with Crippen LogP contribution in [0.25, 0.3) is 0 Å². The predicted octanol–water partition coefficient (Wildman–Crippen LogP) is 2.36. The SMILES string of the molecule is CCOc1ccc(C(C)O)cc1CN1CCOCC1C. The first-order valence-electron chi connectivity index (χ1n) is 7.37. The Morgan fingerprint density at radius 3 is 2.95 bits per heavy atom. The van der Waals surface area contributed by atoms with Crippen molar-refractivity contribution >= 4 is 0 Å². The fraction of sp³-hybridized carbons (Fsp3) is 0.625. The van der Waals surface area contributed by atoms with E-state index < -0.39 is 6.10 Å². The van der Waals surface area contributed by atoms with E-state index in [0.29, 0.717) is 12.6 Å². The van der Waals surface area contributed by atoms with Crippen molar-refractivity contribution < 1.29 is 14.6 Å². The van der Waals surface area contributed by atoms with Gasteiger partial charge in [-0.1, -0.05) is 6.07 Å². The summed E-state index contributed by atoms with van der Waals surface area (Å²) in [6.07, 6.45) is -0.452. The molecule has 20 heavy (non-hydrogen) atoms. The zero-order chi connectivity index (χ0) is 14.5. The van der Waals surface area contributed by atoms with Crippen LogP contribution in [-0.4, -0.2) is 42.4 Å². The molecule has 0 radical (unpaired) electrons. The fourth-order valence-corrected chi connectivity index (χ4v) is 2.49. The minimum absolute atomic E-state index is 0.411. The van der Waals surface area contributed by atoms with Crippen LogP contribution in [0.3, 0.4) is 0 Å². The van der Waals surface area contributed by atoms with Gasteiger partial charge in [0.15, 0.2) is 0 Å². The second-order valence-corrected chi connectivity index (χ2v) is 5.37. The molecule has 1 aromatic carbocycles. The Balaban J connectivity index is 2.20. The van der Waals surface area contributed by atoms with Crippen LogP contribution >= 0.6 is 0 Å². The van der Waals surface area contributed by atoms with Crippen molar-refractivity contribution in [2.75, 3.05) is 26.4 Å². The highest BCUT2D eigenvalue weighted by molar-refractivity contribution is 5.38. The summed E-state index contributed by atoms with van der Waals surface area (Å²) >= 11 is 0. The van der Waals surface area contributed by atoms with Crippen LogP contribution in [0.4, 0.5) is 0 Å². The van der Waals surface area contributed by atoms with Crippen molar-refractivity contribution in [2.24, 2.45) is 0 Å². The molecule has 1 heterocycles. The number of nitrogens with zero attached hydrogens (tertiary/aromatic N) is 1. The Morgan fingerprint density at radius 2 is 2.30 bits per heavy atom. The largest absolute Gasteiger partial charge is 0.494 e. The average molecular weight is 279 g/mol. The van der Waals surface area contributed by atoms with E-state index in [-0.39, 0.29) is 0 Å². The molecule has 0 spiro atoms. The molecule has 0 bridgehead atoms. The molecule has 0 aromatic heterocycles. The third kappa shape index (κ3) is 3.72. The standard InChI is InChI=1S/C16H25NO3/c1-4-20-16-6-5-14(13(3)18)9-15(16)10-17-7-8-19-11-12(17)2/h5-6,9,12-13,18H,4,7-8,10-11H2,1-3H3. The van der Waals surface area contributed by atoms with Crippen LogP contribution in [0.1, 0.15) is 38.0 Å². The molecule has 2 unspecified atom stereocenters. The normalized spacial score (nSPS) is 21.7. The number of ether oxygens (including phenoxy) is 2. The minimum Gasteiger partial charge on any atom is -0.494 e. The van der Waals surface area contributed by atoms with Crippen LogP contribution in [0, 0.1) is 0 Å². The molecule has 1 aliphatic rings. The number of hydrogen-bond donors (Lipinski definition) is 1. The average Bonchev–Trinajstić information content (AvgIpc) is 2.43. The van der Waals surface area contributed by atoms with E-state index >= 15 is 0 Å². The molecule has 2 rings (SSSR count). The second-order valence-electron chi connectivity index (χ2n) is 5.37. The van der Waals surface area contributed by atoms with Gasteiger partial charge in [-0.15, -0.1) is 0 Å². The smallest absolute Gasteiger partial charge is 0.123 e. The lowest BCUT2D eigenvalue weighted by molar-refractivity contribution is -0.00472. The third-order valence-electron chi connectivity index (χ3n) is 3.75. The molecule has 1 N–H and O–H groups in total. The molecule has 0 saturated carbocycles. The minimum atomic E-state index is -0.452. The van der Waals surface area contributed by atoms with Gasteiger partial charge in [0.25, 0.3) is 0 Å². The molecule has 4 nitrogen and oxygen atoms in total. The Morgan fingerprint density at radius 1 is 1.50 bits per heavy atom. The van der Waals surface area contributed by atoms with Crippen LogP contribution in [0.15, 0.2) is 18.2 Å². The summed E-state index contributed by atoms with van der Waals surface area (Å²) in [6, 6.07) is 6.36. The molecule has 4 heteroatoms. The van der Waals surface area contributed by atoms with Gasteiger partial charge in [0, 0.05) is 24.7 Å². The molecular weight excluding hydrogens is 254 g/mol. The van der Waals surface area contributed by atoms with Gasteiger partial charge in [-0.3, -0.25) is 4.90 Å². The molecule has 1 saturated heterocycles. The van der Waals surface area contributed by atoms with Gasteiger partial charge in [-0.2, -0.15) is 0 Å². The first-order chi connectivity index (χ1) is 9.61. The summed E-state index contributed by atoms with van der Waals surface area (Å²) in [5.74, 6) is 0.913. The highest BCUT2D eigenvalue weighted by Crippen LogP contribution is 2.26. The Bertz CT molecular complexity index is 434. The van der Waals surface area contributed by atoms with Gasteiger partial charge in [0.2, 0.25) is 0 Å². The number of aliphatic hydroxyl groups excluding tert-OH is 1. The number of rotatable bonds is 5. The topological polar surface area (TPSA) is 41.9 Å². The molecule has 2 atom stereocenters. The predicted molar refractivity (Wildman–Crippen MR) is 78.9 cm³/mol. The number of hydrogen-bond acceptors (Lipinski definition) is 4. The quantitative estimate of drug-likeness (QED) is 0.898. The van der Waals surface area contributed by atoms with Crippen LogP contribution < -0.4 is 4.74 Å². The van der Waals surface area contributed by atoms with Crippen molar-refractivity contribution in [3.8, 4) is 5.75 Å². The third-order valence-corrected chi connectivity index (χ3v) is 3.75. The van der Waals surface area contributed by atoms with E-state index in [0.717, 1.165) is 43.2 Å². The lowest BCUT2D eigenvalue weighted by atomic mass is 10.0. The number of aliphatic hydroxyl groups is 1. The van der Waals surface area contributed by atoms with E-state index in [1.165, 1.54) is 0 Å². The summed E-state index contributed by atoms with van der Waals surface area (Å²) in [4.78, 5) is 2.40. The van der Waals surface area contributed by atoms with Crippen molar-refractivity contribution in [1.29, 1.82) is 0 Å². The van der Waals surface area contributed by atoms with E-state index in [4.69, 9.17) is 9.47 Å². The second kappa shape index (κ2) is 7.07. The summed E-state index contributed by atoms with van der Waals surface area (Å²) in [6.45, 7) is 9.94. The van der Waals surface area contributed by atoms with Crippen LogP contribution in [0.2, 0.25) is 0 Å². The maximum atomic E-state index is 9.75. The van der Waals surface area contributed by atoms with Gasteiger partial charge < -0.3 is 14.6 Å². The molecule has 0 amide bonds. The van der Waals surface area contributed by atoms with Gasteiger partial charge >= 0.3 is 0 Å². The maximum Gasteiger partial charge on any atom is 0.123 e. The molecule has 1 fully saturated rings. The molecule has 1 aliphatic heterocycles. The summed E-state index contributed by atoms with van der Waals surface area (Å²) in [5.41, 5.74) is 2.07. The fourth-order valence-electron chi connectivity index (χ4n) is 2.49.